The van der Waals surface area contributed by atoms with Gasteiger partial charge >= 0.3 is 5.97 Å². The van der Waals surface area contributed by atoms with Crippen LogP contribution in [0.3, 0.4) is 0 Å². The fourth-order valence-electron chi connectivity index (χ4n) is 2.51. The number of carboxylic acid groups (broad SMARTS) is 1. The molecule has 5 nitrogen and oxygen atoms in total. The van der Waals surface area contributed by atoms with Crippen molar-refractivity contribution >= 4 is 11.8 Å². The van der Waals surface area contributed by atoms with Crippen LogP contribution in [0.1, 0.15) is 35.3 Å². The molecule has 0 bridgehead atoms. The zero-order chi connectivity index (χ0) is 13.8. The Morgan fingerprint density at radius 2 is 2.32 bits per heavy atom. The average Bonchev–Trinajstić information content (AvgIpc) is 2.37. The third-order valence-corrected chi connectivity index (χ3v) is 3.76. The maximum absolute atomic E-state index is 10.9. The second-order valence-electron chi connectivity index (χ2n) is 5.15. The third kappa shape index (κ3) is 3.44. The van der Waals surface area contributed by atoms with Gasteiger partial charge in [0.1, 0.15) is 5.82 Å². The van der Waals surface area contributed by atoms with E-state index in [1.807, 2.05) is 0 Å². The van der Waals surface area contributed by atoms with E-state index in [1.54, 1.807) is 19.1 Å². The largest absolute Gasteiger partial charge is 0.478 e. The van der Waals surface area contributed by atoms with Crippen LogP contribution in [-0.4, -0.2) is 47.1 Å². The van der Waals surface area contributed by atoms with Crippen molar-refractivity contribution in [2.45, 2.75) is 32.2 Å². The highest BCUT2D eigenvalue weighted by atomic mass is 16.4. The number of aromatic nitrogens is 1. The number of rotatable bonds is 4. The van der Waals surface area contributed by atoms with Gasteiger partial charge in [-0.05, 0) is 45.5 Å². The Morgan fingerprint density at radius 1 is 1.53 bits per heavy atom. The lowest BCUT2D eigenvalue weighted by Gasteiger charge is -2.32. The number of carbonyl (C=O) groups is 1. The topological polar surface area (TPSA) is 65.5 Å². The van der Waals surface area contributed by atoms with Gasteiger partial charge in [-0.2, -0.15) is 0 Å². The van der Waals surface area contributed by atoms with E-state index in [1.165, 1.54) is 19.3 Å². The molecule has 0 aliphatic carbocycles. The predicted octanol–water partition coefficient (Wildman–Crippen LogP) is 1.98. The van der Waals surface area contributed by atoms with E-state index in [2.05, 4.69) is 22.2 Å². The molecule has 0 amide bonds. The van der Waals surface area contributed by atoms with Gasteiger partial charge in [0.05, 0.1) is 11.3 Å². The first-order valence-electron chi connectivity index (χ1n) is 6.73. The second-order valence-corrected chi connectivity index (χ2v) is 5.15. The van der Waals surface area contributed by atoms with E-state index in [4.69, 9.17) is 5.11 Å². The van der Waals surface area contributed by atoms with Crippen LogP contribution in [0.5, 0.6) is 0 Å². The monoisotopic (exact) mass is 263 g/mol. The van der Waals surface area contributed by atoms with E-state index >= 15 is 0 Å². The lowest BCUT2D eigenvalue weighted by Crippen LogP contribution is -2.40. The van der Waals surface area contributed by atoms with E-state index in [-0.39, 0.29) is 5.56 Å². The standard InChI is InChI=1S/C14H21N3O2/c1-10-12(14(18)19)6-7-13(16-10)15-9-11-5-3-4-8-17(11)2/h6-7,11H,3-5,8-9H2,1-2H3,(H,15,16)(H,18,19). The fraction of sp³-hybridized carbons (Fsp3) is 0.571. The number of hydrogen-bond donors (Lipinski definition) is 2. The summed E-state index contributed by atoms with van der Waals surface area (Å²) < 4.78 is 0. The first kappa shape index (κ1) is 13.8. The first-order valence-corrected chi connectivity index (χ1v) is 6.73. The molecule has 104 valence electrons. The van der Waals surface area contributed by atoms with Crippen LogP contribution >= 0.6 is 0 Å². The molecular formula is C14H21N3O2. The minimum Gasteiger partial charge on any atom is -0.478 e. The molecule has 0 spiro atoms. The first-order chi connectivity index (χ1) is 9.08. The molecule has 1 atom stereocenters. The summed E-state index contributed by atoms with van der Waals surface area (Å²) in [6.07, 6.45) is 3.76. The van der Waals surface area contributed by atoms with Gasteiger partial charge in [-0.3, -0.25) is 0 Å². The van der Waals surface area contributed by atoms with E-state index in [0.717, 1.165) is 18.9 Å². The van der Waals surface area contributed by atoms with Crippen molar-refractivity contribution in [1.82, 2.24) is 9.88 Å². The van der Waals surface area contributed by atoms with Crippen molar-refractivity contribution in [3.63, 3.8) is 0 Å². The van der Waals surface area contributed by atoms with Crippen LogP contribution in [0.2, 0.25) is 0 Å². The summed E-state index contributed by atoms with van der Waals surface area (Å²) in [4.78, 5) is 17.6. The Morgan fingerprint density at radius 3 is 2.95 bits per heavy atom. The average molecular weight is 263 g/mol. The summed E-state index contributed by atoms with van der Waals surface area (Å²) in [6.45, 7) is 3.73. The Kier molecular flexibility index (Phi) is 4.37. The number of nitrogens with zero attached hydrogens (tertiary/aromatic N) is 2. The highest BCUT2D eigenvalue weighted by Gasteiger charge is 2.18. The van der Waals surface area contributed by atoms with Crippen LogP contribution in [0, 0.1) is 6.92 Å². The molecule has 1 fully saturated rings. The van der Waals surface area contributed by atoms with Crippen molar-refractivity contribution in [1.29, 1.82) is 0 Å². The van der Waals surface area contributed by atoms with Gasteiger partial charge in [-0.1, -0.05) is 6.42 Å². The summed E-state index contributed by atoms with van der Waals surface area (Å²) in [7, 11) is 2.15. The number of aromatic carboxylic acids is 1. The molecule has 0 radical (unpaired) electrons. The summed E-state index contributed by atoms with van der Waals surface area (Å²) in [6, 6.07) is 3.88. The molecule has 1 aromatic heterocycles. The zero-order valence-corrected chi connectivity index (χ0v) is 11.5. The Labute approximate surface area is 113 Å². The molecule has 1 saturated heterocycles. The van der Waals surface area contributed by atoms with Crippen LogP contribution in [0.25, 0.3) is 0 Å². The van der Waals surface area contributed by atoms with Crippen molar-refractivity contribution in [2.75, 3.05) is 25.5 Å². The van der Waals surface area contributed by atoms with Crippen molar-refractivity contribution in [3.05, 3.63) is 23.4 Å². The molecule has 0 aromatic carbocycles. The molecule has 5 heteroatoms. The molecule has 0 saturated carbocycles. The minimum atomic E-state index is -0.927. The summed E-state index contributed by atoms with van der Waals surface area (Å²) >= 11 is 0. The van der Waals surface area contributed by atoms with Crippen LogP contribution in [0.4, 0.5) is 5.82 Å². The minimum absolute atomic E-state index is 0.264. The SMILES string of the molecule is Cc1nc(NCC2CCCCN2C)ccc1C(=O)O. The molecule has 1 unspecified atom stereocenters. The number of likely N-dealkylation sites (N-methyl/N-ethyl adjacent to an activating group) is 1. The number of carboxylic acids is 1. The normalized spacial score (nSPS) is 20.2. The van der Waals surface area contributed by atoms with Crippen molar-refractivity contribution in [3.8, 4) is 0 Å². The summed E-state index contributed by atoms with van der Waals surface area (Å²) in [5, 5.41) is 12.3. The molecular weight excluding hydrogens is 242 g/mol. The van der Waals surface area contributed by atoms with Crippen molar-refractivity contribution < 1.29 is 9.90 Å². The quantitative estimate of drug-likeness (QED) is 0.869. The molecule has 19 heavy (non-hydrogen) atoms. The third-order valence-electron chi connectivity index (χ3n) is 3.76. The molecule has 1 aromatic rings. The lowest BCUT2D eigenvalue weighted by atomic mass is 10.0. The number of likely N-dealkylation sites (tertiary alicyclic amines) is 1. The molecule has 2 N–H and O–H groups in total. The molecule has 2 heterocycles. The number of aryl methyl sites for hydroxylation is 1. The summed E-state index contributed by atoms with van der Waals surface area (Å²) in [5.41, 5.74) is 0.815. The van der Waals surface area contributed by atoms with Gasteiger partial charge in [0.2, 0.25) is 0 Å². The summed E-state index contributed by atoms with van der Waals surface area (Å²) in [5.74, 6) is -0.176. The maximum Gasteiger partial charge on any atom is 0.337 e. The Bertz CT molecular complexity index is 462. The number of pyridine rings is 1. The molecule has 2 rings (SSSR count). The number of piperidine rings is 1. The maximum atomic E-state index is 10.9. The number of nitrogens with one attached hydrogen (secondary N) is 1. The van der Waals surface area contributed by atoms with E-state index in [9.17, 15) is 4.79 Å². The van der Waals surface area contributed by atoms with E-state index in [0.29, 0.717) is 11.7 Å². The van der Waals surface area contributed by atoms with Gasteiger partial charge in [0.15, 0.2) is 0 Å². The number of anilines is 1. The smallest absolute Gasteiger partial charge is 0.337 e. The Balaban J connectivity index is 1.96. The van der Waals surface area contributed by atoms with Gasteiger partial charge in [0, 0.05) is 12.6 Å². The van der Waals surface area contributed by atoms with Crippen molar-refractivity contribution in [2.24, 2.45) is 0 Å². The molecule has 1 aliphatic heterocycles. The van der Waals surface area contributed by atoms with Gasteiger partial charge in [-0.25, -0.2) is 9.78 Å². The highest BCUT2D eigenvalue weighted by molar-refractivity contribution is 5.89. The van der Waals surface area contributed by atoms with Gasteiger partial charge < -0.3 is 15.3 Å². The van der Waals surface area contributed by atoms with Crippen LogP contribution in [0.15, 0.2) is 12.1 Å². The zero-order valence-electron chi connectivity index (χ0n) is 11.5. The number of hydrogen-bond acceptors (Lipinski definition) is 4. The van der Waals surface area contributed by atoms with Crippen LogP contribution < -0.4 is 5.32 Å². The highest BCUT2D eigenvalue weighted by Crippen LogP contribution is 2.16. The predicted molar refractivity (Wildman–Crippen MR) is 74.7 cm³/mol. The second kappa shape index (κ2) is 6.02. The lowest BCUT2D eigenvalue weighted by molar-refractivity contribution is 0.0695. The fourth-order valence-corrected chi connectivity index (χ4v) is 2.51. The van der Waals surface area contributed by atoms with Crippen LogP contribution in [-0.2, 0) is 0 Å². The van der Waals surface area contributed by atoms with Gasteiger partial charge in [-0.15, -0.1) is 0 Å². The Hall–Kier alpha value is -1.62. The van der Waals surface area contributed by atoms with Gasteiger partial charge in [0.25, 0.3) is 0 Å². The van der Waals surface area contributed by atoms with E-state index < -0.39 is 5.97 Å². The molecule has 1 aliphatic rings.